The highest BCUT2D eigenvalue weighted by molar-refractivity contribution is 5.97. The highest BCUT2D eigenvalue weighted by Crippen LogP contribution is 2.27. The van der Waals surface area contributed by atoms with Crippen molar-refractivity contribution in [1.82, 2.24) is 0 Å². The van der Waals surface area contributed by atoms with Crippen LogP contribution in [0.1, 0.15) is 22.3 Å². The number of carbonyl (C=O) groups is 2. The normalized spacial score (nSPS) is 13.2. The Morgan fingerprint density at radius 1 is 0.917 bits per heavy atom. The smallest absolute Gasteiger partial charge is 0.343 e. The zero-order chi connectivity index (χ0) is 16.5. The van der Waals surface area contributed by atoms with E-state index in [1.807, 2.05) is 42.5 Å². The molecule has 0 bridgehead atoms. The lowest BCUT2D eigenvalue weighted by atomic mass is 10.0. The van der Waals surface area contributed by atoms with Crippen LogP contribution in [-0.2, 0) is 11.2 Å². The molecule has 0 radical (unpaired) electrons. The Kier molecular flexibility index (Phi) is 3.50. The van der Waals surface area contributed by atoms with Crippen molar-refractivity contribution in [3.05, 3.63) is 71.8 Å². The van der Waals surface area contributed by atoms with Gasteiger partial charge in [-0.05, 0) is 53.1 Å². The highest BCUT2D eigenvalue weighted by Gasteiger charge is 2.16. The second-order valence-electron chi connectivity index (χ2n) is 5.82. The van der Waals surface area contributed by atoms with Crippen LogP contribution in [0.25, 0.3) is 10.8 Å². The van der Waals surface area contributed by atoms with Crippen LogP contribution in [0.3, 0.4) is 0 Å². The van der Waals surface area contributed by atoms with E-state index in [4.69, 9.17) is 4.74 Å². The first-order valence-corrected chi connectivity index (χ1v) is 7.83. The van der Waals surface area contributed by atoms with E-state index in [1.54, 1.807) is 18.2 Å². The fraction of sp³-hybridized carbons (Fsp3) is 0.100. The Morgan fingerprint density at radius 3 is 2.62 bits per heavy atom. The number of hydrogen-bond donors (Lipinski definition) is 1. The van der Waals surface area contributed by atoms with Crippen LogP contribution < -0.4 is 10.1 Å². The van der Waals surface area contributed by atoms with Gasteiger partial charge in [-0.2, -0.15) is 0 Å². The van der Waals surface area contributed by atoms with Crippen LogP contribution in [0.5, 0.6) is 5.75 Å². The van der Waals surface area contributed by atoms with Gasteiger partial charge in [-0.1, -0.05) is 30.3 Å². The molecule has 4 heteroatoms. The van der Waals surface area contributed by atoms with E-state index in [1.165, 1.54) is 0 Å². The monoisotopic (exact) mass is 317 g/mol. The summed E-state index contributed by atoms with van der Waals surface area (Å²) in [6, 6.07) is 18.7. The Labute approximate surface area is 139 Å². The molecule has 3 aromatic rings. The first-order chi connectivity index (χ1) is 11.7. The van der Waals surface area contributed by atoms with E-state index in [9.17, 15) is 9.59 Å². The minimum Gasteiger partial charge on any atom is -0.423 e. The predicted molar refractivity (Wildman–Crippen MR) is 92.3 cm³/mol. The number of ether oxygens (including phenoxy) is 1. The molecule has 4 rings (SSSR count). The molecule has 0 atom stereocenters. The summed E-state index contributed by atoms with van der Waals surface area (Å²) >= 11 is 0. The molecule has 1 heterocycles. The van der Waals surface area contributed by atoms with Crippen molar-refractivity contribution in [1.29, 1.82) is 0 Å². The van der Waals surface area contributed by atoms with Crippen LogP contribution in [0.2, 0.25) is 0 Å². The van der Waals surface area contributed by atoms with Gasteiger partial charge in [-0.3, -0.25) is 4.79 Å². The molecule has 1 amide bonds. The fourth-order valence-electron chi connectivity index (χ4n) is 2.91. The summed E-state index contributed by atoms with van der Waals surface area (Å²) in [5.41, 5.74) is 2.29. The van der Waals surface area contributed by atoms with Crippen molar-refractivity contribution in [3.8, 4) is 5.75 Å². The summed E-state index contributed by atoms with van der Waals surface area (Å²) in [5, 5.41) is 4.89. The number of nitrogens with one attached hydrogen (secondary N) is 1. The molecular weight excluding hydrogens is 302 g/mol. The first-order valence-electron chi connectivity index (χ1n) is 7.83. The van der Waals surface area contributed by atoms with E-state index in [2.05, 4.69) is 5.32 Å². The zero-order valence-corrected chi connectivity index (χ0v) is 12.9. The van der Waals surface area contributed by atoms with Crippen molar-refractivity contribution in [3.63, 3.8) is 0 Å². The predicted octanol–water partition coefficient (Wildman–Crippen LogP) is 3.94. The zero-order valence-electron chi connectivity index (χ0n) is 12.9. The number of benzene rings is 3. The Balaban J connectivity index is 1.58. The van der Waals surface area contributed by atoms with Gasteiger partial charge in [0.05, 0.1) is 5.56 Å². The number of amides is 1. The molecule has 0 saturated carbocycles. The third-order valence-corrected chi connectivity index (χ3v) is 4.17. The van der Waals surface area contributed by atoms with Gasteiger partial charge in [0.15, 0.2) is 0 Å². The van der Waals surface area contributed by atoms with E-state index < -0.39 is 0 Å². The average Bonchev–Trinajstić information content (AvgIpc) is 2.61. The van der Waals surface area contributed by atoms with Gasteiger partial charge in [0.1, 0.15) is 5.75 Å². The molecule has 0 fully saturated rings. The minimum absolute atomic E-state index is 0.0170. The quantitative estimate of drug-likeness (QED) is 0.575. The van der Waals surface area contributed by atoms with Gasteiger partial charge in [-0.25, -0.2) is 4.79 Å². The molecule has 1 aliphatic heterocycles. The number of hydrogen-bond acceptors (Lipinski definition) is 3. The molecule has 0 aromatic heterocycles. The summed E-state index contributed by atoms with van der Waals surface area (Å²) in [5.74, 6) is 0.118. The van der Waals surface area contributed by atoms with Crippen molar-refractivity contribution in [2.75, 3.05) is 5.32 Å². The van der Waals surface area contributed by atoms with E-state index in [-0.39, 0.29) is 11.9 Å². The summed E-state index contributed by atoms with van der Waals surface area (Å²) < 4.78 is 5.49. The molecule has 118 valence electrons. The van der Waals surface area contributed by atoms with Gasteiger partial charge in [0, 0.05) is 12.1 Å². The summed E-state index contributed by atoms with van der Waals surface area (Å²) in [4.78, 5) is 23.8. The fourth-order valence-corrected chi connectivity index (χ4v) is 2.91. The van der Waals surface area contributed by atoms with Crippen molar-refractivity contribution < 1.29 is 14.3 Å². The molecule has 1 aliphatic rings. The lowest BCUT2D eigenvalue weighted by molar-refractivity contribution is -0.116. The molecule has 4 nitrogen and oxygen atoms in total. The maximum atomic E-state index is 12.4. The Morgan fingerprint density at radius 2 is 1.75 bits per heavy atom. The van der Waals surface area contributed by atoms with Crippen LogP contribution in [0, 0.1) is 0 Å². The molecule has 0 aliphatic carbocycles. The lowest BCUT2D eigenvalue weighted by Gasteiger charge is -2.17. The van der Waals surface area contributed by atoms with Crippen LogP contribution in [0.15, 0.2) is 60.7 Å². The average molecular weight is 317 g/mol. The van der Waals surface area contributed by atoms with E-state index in [0.29, 0.717) is 24.2 Å². The summed E-state index contributed by atoms with van der Waals surface area (Å²) in [6.07, 6.45) is 1.11. The van der Waals surface area contributed by atoms with Crippen molar-refractivity contribution in [2.24, 2.45) is 0 Å². The largest absolute Gasteiger partial charge is 0.423 e. The molecule has 0 unspecified atom stereocenters. The number of carbonyl (C=O) groups excluding carboxylic acids is 2. The summed E-state index contributed by atoms with van der Waals surface area (Å²) in [7, 11) is 0. The highest BCUT2D eigenvalue weighted by atomic mass is 16.5. The Bertz CT molecular complexity index is 962. The van der Waals surface area contributed by atoms with Crippen LogP contribution in [0.4, 0.5) is 5.69 Å². The molecule has 0 spiro atoms. The number of aryl methyl sites for hydroxylation is 1. The molecular formula is C20H15NO3. The van der Waals surface area contributed by atoms with Gasteiger partial charge in [0.2, 0.25) is 5.91 Å². The molecule has 3 aromatic carbocycles. The van der Waals surface area contributed by atoms with Crippen LogP contribution >= 0.6 is 0 Å². The van der Waals surface area contributed by atoms with Crippen molar-refractivity contribution in [2.45, 2.75) is 12.8 Å². The van der Waals surface area contributed by atoms with Gasteiger partial charge < -0.3 is 10.1 Å². The molecule has 0 saturated heterocycles. The topological polar surface area (TPSA) is 55.4 Å². The number of anilines is 1. The maximum absolute atomic E-state index is 12.4. The van der Waals surface area contributed by atoms with Crippen molar-refractivity contribution >= 4 is 28.3 Å². The number of rotatable bonds is 2. The first kappa shape index (κ1) is 14.5. The lowest BCUT2D eigenvalue weighted by Crippen LogP contribution is -2.19. The van der Waals surface area contributed by atoms with E-state index in [0.717, 1.165) is 22.0 Å². The van der Waals surface area contributed by atoms with E-state index >= 15 is 0 Å². The second-order valence-corrected chi connectivity index (χ2v) is 5.82. The van der Waals surface area contributed by atoms with Gasteiger partial charge in [-0.15, -0.1) is 0 Å². The summed E-state index contributed by atoms with van der Waals surface area (Å²) in [6.45, 7) is 0. The third kappa shape index (κ3) is 2.74. The Hall–Kier alpha value is -3.14. The molecule has 1 N–H and O–H groups in total. The number of esters is 1. The number of fused-ring (bicyclic) bond motifs is 2. The SMILES string of the molecule is O=C1CCc2cc(OC(=O)c3ccc4ccccc4c3)ccc2N1. The minimum atomic E-state index is -0.388. The molecule has 24 heavy (non-hydrogen) atoms. The standard InChI is InChI=1S/C20H15NO3/c22-19-10-7-15-12-17(8-9-18(15)21-19)24-20(23)16-6-5-13-3-1-2-4-14(13)11-16/h1-6,8-9,11-12H,7,10H2,(H,21,22). The third-order valence-electron chi connectivity index (χ3n) is 4.17. The van der Waals surface area contributed by atoms with Gasteiger partial charge >= 0.3 is 5.97 Å². The second kappa shape index (κ2) is 5.81. The maximum Gasteiger partial charge on any atom is 0.343 e. The van der Waals surface area contributed by atoms with Crippen LogP contribution in [-0.4, -0.2) is 11.9 Å². The van der Waals surface area contributed by atoms with Gasteiger partial charge in [0.25, 0.3) is 0 Å².